The van der Waals surface area contributed by atoms with Gasteiger partial charge in [0.15, 0.2) is 0 Å². The number of nitrogens with zero attached hydrogens (tertiary/aromatic N) is 3. The van der Waals surface area contributed by atoms with Crippen molar-refractivity contribution >= 4 is 11.5 Å². The van der Waals surface area contributed by atoms with Crippen molar-refractivity contribution in [1.82, 2.24) is 9.88 Å². The highest BCUT2D eigenvalue weighted by molar-refractivity contribution is 5.58. The first-order chi connectivity index (χ1) is 9.78. The summed E-state index contributed by atoms with van der Waals surface area (Å²) in [5, 5.41) is 0. The third-order valence-electron chi connectivity index (χ3n) is 3.93. The predicted molar refractivity (Wildman–Crippen MR) is 78.2 cm³/mol. The first-order valence-electron chi connectivity index (χ1n) is 7.24. The van der Waals surface area contributed by atoms with Crippen LogP contribution in [0.5, 0.6) is 5.88 Å². The summed E-state index contributed by atoms with van der Waals surface area (Å²) in [7, 11) is 0. The number of aromatic nitrogens is 1. The topological polar surface area (TPSA) is 63.9 Å². The average molecular weight is 278 g/mol. The van der Waals surface area contributed by atoms with Crippen LogP contribution < -0.4 is 15.4 Å². The molecule has 0 aliphatic carbocycles. The lowest BCUT2D eigenvalue weighted by atomic mass is 10.1. The van der Waals surface area contributed by atoms with E-state index in [4.69, 9.17) is 15.2 Å². The zero-order chi connectivity index (χ0) is 13.9. The van der Waals surface area contributed by atoms with Gasteiger partial charge in [0, 0.05) is 26.2 Å². The van der Waals surface area contributed by atoms with E-state index in [1.54, 1.807) is 0 Å². The van der Waals surface area contributed by atoms with Crippen molar-refractivity contribution in [3.05, 3.63) is 12.1 Å². The lowest BCUT2D eigenvalue weighted by Crippen LogP contribution is -2.56. The molecular weight excluding hydrogens is 256 g/mol. The van der Waals surface area contributed by atoms with E-state index in [2.05, 4.69) is 14.8 Å². The summed E-state index contributed by atoms with van der Waals surface area (Å²) in [4.78, 5) is 9.13. The van der Waals surface area contributed by atoms with Crippen LogP contribution in [0.4, 0.5) is 11.5 Å². The summed E-state index contributed by atoms with van der Waals surface area (Å²) in [6, 6.07) is 4.47. The maximum absolute atomic E-state index is 5.74. The summed E-state index contributed by atoms with van der Waals surface area (Å²) in [5.74, 6) is 1.15. The molecule has 0 bridgehead atoms. The van der Waals surface area contributed by atoms with Crippen LogP contribution in [0.1, 0.15) is 6.92 Å². The van der Waals surface area contributed by atoms with E-state index in [9.17, 15) is 0 Å². The molecule has 0 saturated carbocycles. The van der Waals surface area contributed by atoms with E-state index in [-0.39, 0.29) is 0 Å². The van der Waals surface area contributed by atoms with E-state index >= 15 is 0 Å². The molecule has 2 aliphatic heterocycles. The second-order valence-corrected chi connectivity index (χ2v) is 5.21. The normalized spacial score (nSPS) is 20.8. The molecule has 2 N–H and O–H groups in total. The minimum Gasteiger partial charge on any atom is -0.476 e. The maximum Gasteiger partial charge on any atom is 0.239 e. The van der Waals surface area contributed by atoms with Gasteiger partial charge in [0.25, 0.3) is 0 Å². The molecule has 1 aromatic heterocycles. The van der Waals surface area contributed by atoms with Gasteiger partial charge in [0.1, 0.15) is 11.5 Å². The van der Waals surface area contributed by atoms with Gasteiger partial charge in [-0.25, -0.2) is 0 Å². The molecule has 0 aromatic carbocycles. The summed E-state index contributed by atoms with van der Waals surface area (Å²) in [6.07, 6.45) is 0. The van der Waals surface area contributed by atoms with Crippen molar-refractivity contribution in [3.63, 3.8) is 0 Å². The van der Waals surface area contributed by atoms with Crippen molar-refractivity contribution in [2.75, 3.05) is 56.6 Å². The second-order valence-electron chi connectivity index (χ2n) is 5.21. The molecule has 0 atom stereocenters. The van der Waals surface area contributed by atoms with Gasteiger partial charge in [-0.2, -0.15) is 4.98 Å². The molecule has 2 saturated heterocycles. The second kappa shape index (κ2) is 5.85. The minimum absolute atomic E-state index is 0.502. The number of piperazine rings is 1. The van der Waals surface area contributed by atoms with Crippen LogP contribution in [0.15, 0.2) is 12.1 Å². The number of hydrogen-bond acceptors (Lipinski definition) is 6. The molecule has 0 radical (unpaired) electrons. The number of hydrogen-bond donors (Lipinski definition) is 1. The van der Waals surface area contributed by atoms with Crippen LogP contribution in [0.25, 0.3) is 0 Å². The van der Waals surface area contributed by atoms with Gasteiger partial charge in [-0.1, -0.05) is 0 Å². The molecule has 0 amide bonds. The number of anilines is 2. The maximum atomic E-state index is 5.74. The first-order valence-corrected chi connectivity index (χ1v) is 7.24. The highest BCUT2D eigenvalue weighted by atomic mass is 16.5. The summed E-state index contributed by atoms with van der Waals surface area (Å²) in [6.45, 7) is 8.42. The van der Waals surface area contributed by atoms with Crippen LogP contribution in [0.2, 0.25) is 0 Å². The summed E-state index contributed by atoms with van der Waals surface area (Å²) >= 11 is 0. The summed E-state index contributed by atoms with van der Waals surface area (Å²) < 4.78 is 10.9. The Morgan fingerprint density at radius 1 is 1.30 bits per heavy atom. The average Bonchev–Trinajstić information content (AvgIpc) is 2.39. The van der Waals surface area contributed by atoms with Crippen LogP contribution in [0.3, 0.4) is 0 Å². The quantitative estimate of drug-likeness (QED) is 0.869. The summed E-state index contributed by atoms with van der Waals surface area (Å²) in [5.41, 5.74) is 6.79. The molecule has 0 unspecified atom stereocenters. The third-order valence-corrected chi connectivity index (χ3v) is 3.93. The molecule has 3 rings (SSSR count). The van der Waals surface area contributed by atoms with Gasteiger partial charge in [-0.15, -0.1) is 0 Å². The number of ether oxygens (including phenoxy) is 2. The molecule has 20 heavy (non-hydrogen) atoms. The van der Waals surface area contributed by atoms with Crippen molar-refractivity contribution in [1.29, 1.82) is 0 Å². The predicted octanol–water partition coefficient (Wildman–Crippen LogP) is 0.583. The molecule has 6 nitrogen and oxygen atoms in total. The first kappa shape index (κ1) is 13.5. The van der Waals surface area contributed by atoms with Gasteiger partial charge < -0.3 is 20.1 Å². The Morgan fingerprint density at radius 3 is 2.65 bits per heavy atom. The third kappa shape index (κ3) is 2.66. The fourth-order valence-electron chi connectivity index (χ4n) is 2.69. The zero-order valence-corrected chi connectivity index (χ0v) is 11.9. The van der Waals surface area contributed by atoms with Crippen molar-refractivity contribution in [3.8, 4) is 5.88 Å². The SMILES string of the molecule is CCOc1nc(N)ccc1N1CCN(C2COC2)CC1. The molecule has 2 aliphatic rings. The number of nitrogen functional groups attached to an aromatic ring is 1. The van der Waals surface area contributed by atoms with Crippen LogP contribution in [-0.2, 0) is 4.74 Å². The number of rotatable bonds is 4. The Morgan fingerprint density at radius 2 is 2.05 bits per heavy atom. The molecule has 3 heterocycles. The van der Waals surface area contributed by atoms with Crippen LogP contribution >= 0.6 is 0 Å². The van der Waals surface area contributed by atoms with Crippen LogP contribution in [0, 0.1) is 0 Å². The smallest absolute Gasteiger partial charge is 0.239 e. The molecule has 0 spiro atoms. The lowest BCUT2D eigenvalue weighted by Gasteiger charge is -2.43. The monoisotopic (exact) mass is 278 g/mol. The highest BCUT2D eigenvalue weighted by Gasteiger charge is 2.29. The van der Waals surface area contributed by atoms with E-state index in [1.165, 1.54) is 0 Å². The molecule has 2 fully saturated rings. The van der Waals surface area contributed by atoms with Gasteiger partial charge >= 0.3 is 0 Å². The van der Waals surface area contributed by atoms with Gasteiger partial charge in [0.2, 0.25) is 5.88 Å². The Labute approximate surface area is 119 Å². The van der Waals surface area contributed by atoms with E-state index < -0.39 is 0 Å². The fraction of sp³-hybridized carbons (Fsp3) is 0.643. The van der Waals surface area contributed by atoms with Gasteiger partial charge in [0.05, 0.1) is 25.9 Å². The largest absolute Gasteiger partial charge is 0.476 e. The Bertz CT molecular complexity index is 456. The molecule has 110 valence electrons. The van der Waals surface area contributed by atoms with Crippen molar-refractivity contribution in [2.24, 2.45) is 0 Å². The van der Waals surface area contributed by atoms with Crippen molar-refractivity contribution in [2.45, 2.75) is 13.0 Å². The zero-order valence-electron chi connectivity index (χ0n) is 11.9. The van der Waals surface area contributed by atoms with Crippen molar-refractivity contribution < 1.29 is 9.47 Å². The number of nitrogens with two attached hydrogens (primary N) is 1. The van der Waals surface area contributed by atoms with Gasteiger partial charge in [-0.05, 0) is 19.1 Å². The van der Waals surface area contributed by atoms with Crippen LogP contribution in [-0.4, -0.2) is 61.9 Å². The molecule has 1 aromatic rings. The number of pyridine rings is 1. The Kier molecular flexibility index (Phi) is 3.93. The Hall–Kier alpha value is -1.53. The lowest BCUT2D eigenvalue weighted by molar-refractivity contribution is -0.0660. The highest BCUT2D eigenvalue weighted by Crippen LogP contribution is 2.28. The Balaban J connectivity index is 1.67. The minimum atomic E-state index is 0.502. The molecular formula is C14H22N4O2. The van der Waals surface area contributed by atoms with E-state index in [0.717, 1.165) is 45.1 Å². The fourth-order valence-corrected chi connectivity index (χ4v) is 2.69. The standard InChI is InChI=1S/C14H22N4O2/c1-2-20-14-12(3-4-13(15)16-14)18-7-5-17(6-8-18)11-9-19-10-11/h3-4,11H,2,5-10H2,1H3,(H2,15,16). The molecule has 6 heteroatoms. The van der Waals surface area contributed by atoms with E-state index in [0.29, 0.717) is 24.3 Å². The van der Waals surface area contributed by atoms with Gasteiger partial charge in [-0.3, -0.25) is 4.90 Å². The van der Waals surface area contributed by atoms with E-state index in [1.807, 2.05) is 19.1 Å².